The van der Waals surface area contributed by atoms with E-state index < -0.39 is 0 Å². The van der Waals surface area contributed by atoms with E-state index in [1.165, 1.54) is 19.3 Å². The van der Waals surface area contributed by atoms with E-state index in [2.05, 4.69) is 31.4 Å². The first-order valence-electron chi connectivity index (χ1n) is 6.93. The summed E-state index contributed by atoms with van der Waals surface area (Å²) in [4.78, 5) is 13.9. The quantitative estimate of drug-likeness (QED) is 0.773. The minimum atomic E-state index is 0.0780. The molecule has 1 unspecified atom stereocenters. The Morgan fingerprint density at radius 2 is 2.24 bits per heavy atom. The summed E-state index contributed by atoms with van der Waals surface area (Å²) in [7, 11) is 0. The van der Waals surface area contributed by atoms with Crippen LogP contribution >= 0.6 is 0 Å². The first-order valence-corrected chi connectivity index (χ1v) is 6.93. The molecule has 0 saturated carbocycles. The van der Waals surface area contributed by atoms with Crippen molar-refractivity contribution in [1.82, 2.24) is 15.5 Å². The van der Waals surface area contributed by atoms with Crippen molar-refractivity contribution in [3.05, 3.63) is 0 Å². The summed E-state index contributed by atoms with van der Waals surface area (Å²) in [6, 6.07) is 0.809. The summed E-state index contributed by atoms with van der Waals surface area (Å²) in [5.41, 5.74) is 0. The van der Waals surface area contributed by atoms with E-state index in [1.54, 1.807) is 0 Å². The van der Waals surface area contributed by atoms with Gasteiger partial charge in [0.05, 0.1) is 0 Å². The van der Waals surface area contributed by atoms with Crippen molar-refractivity contribution in [2.75, 3.05) is 19.6 Å². The van der Waals surface area contributed by atoms with Crippen LogP contribution in [0.4, 0.5) is 4.79 Å². The second-order valence-electron chi connectivity index (χ2n) is 5.12. The minimum Gasteiger partial charge on any atom is -0.338 e. The number of nitrogens with one attached hydrogen (secondary N) is 2. The molecule has 1 fully saturated rings. The molecule has 1 aliphatic rings. The number of amides is 2. The summed E-state index contributed by atoms with van der Waals surface area (Å²) < 4.78 is 0. The predicted molar refractivity (Wildman–Crippen MR) is 71.2 cm³/mol. The Hall–Kier alpha value is -0.770. The molecule has 0 aromatic rings. The molecule has 1 saturated heterocycles. The van der Waals surface area contributed by atoms with Gasteiger partial charge in [-0.15, -0.1) is 0 Å². The second kappa shape index (κ2) is 7.54. The van der Waals surface area contributed by atoms with Gasteiger partial charge < -0.3 is 15.5 Å². The van der Waals surface area contributed by atoms with Crippen molar-refractivity contribution in [2.45, 2.75) is 58.5 Å². The van der Waals surface area contributed by atoms with E-state index in [-0.39, 0.29) is 12.1 Å². The monoisotopic (exact) mass is 241 g/mol. The van der Waals surface area contributed by atoms with Gasteiger partial charge in [-0.25, -0.2) is 4.79 Å². The van der Waals surface area contributed by atoms with Crippen LogP contribution in [-0.4, -0.2) is 42.6 Å². The normalized spacial score (nSPS) is 20.4. The summed E-state index contributed by atoms with van der Waals surface area (Å²) in [6.07, 6.45) is 4.71. The number of nitrogens with zero attached hydrogens (tertiary/aromatic N) is 1. The Bertz CT molecular complexity index is 225. The molecular formula is C13H27N3O. The molecule has 0 aromatic heterocycles. The molecule has 0 aromatic carbocycles. The molecule has 100 valence electrons. The van der Waals surface area contributed by atoms with E-state index in [1.807, 2.05) is 4.90 Å². The van der Waals surface area contributed by atoms with Crippen molar-refractivity contribution in [1.29, 1.82) is 0 Å². The highest BCUT2D eigenvalue weighted by Gasteiger charge is 2.22. The number of carbonyl (C=O) groups is 1. The topological polar surface area (TPSA) is 44.4 Å². The molecular weight excluding hydrogens is 214 g/mol. The van der Waals surface area contributed by atoms with E-state index in [0.717, 1.165) is 26.1 Å². The van der Waals surface area contributed by atoms with Gasteiger partial charge in [-0.05, 0) is 39.7 Å². The zero-order chi connectivity index (χ0) is 12.7. The highest BCUT2D eigenvalue weighted by Crippen LogP contribution is 2.10. The van der Waals surface area contributed by atoms with Crippen LogP contribution in [0, 0.1) is 0 Å². The standard InChI is InChI=1S/C13H27N3O/c1-4-8-15-13(17)16(11(2)3)10-12-7-5-6-9-14-12/h11-12,14H,4-10H2,1-3H3,(H,15,17). The number of urea groups is 1. The van der Waals surface area contributed by atoms with Crippen LogP contribution in [0.3, 0.4) is 0 Å². The van der Waals surface area contributed by atoms with Crippen molar-refractivity contribution in [3.63, 3.8) is 0 Å². The highest BCUT2D eigenvalue weighted by molar-refractivity contribution is 5.74. The third kappa shape index (κ3) is 4.94. The fourth-order valence-corrected chi connectivity index (χ4v) is 2.18. The van der Waals surface area contributed by atoms with Gasteiger partial charge in [-0.3, -0.25) is 0 Å². The molecule has 0 spiro atoms. The average molecular weight is 241 g/mol. The van der Waals surface area contributed by atoms with Crippen LogP contribution in [0.1, 0.15) is 46.5 Å². The summed E-state index contributed by atoms with van der Waals surface area (Å²) in [6.45, 7) is 8.91. The second-order valence-corrected chi connectivity index (χ2v) is 5.12. The number of hydrogen-bond acceptors (Lipinski definition) is 2. The third-order valence-corrected chi connectivity index (χ3v) is 3.24. The zero-order valence-corrected chi connectivity index (χ0v) is 11.5. The van der Waals surface area contributed by atoms with Gasteiger partial charge in [0, 0.05) is 25.2 Å². The van der Waals surface area contributed by atoms with Crippen LogP contribution in [0.5, 0.6) is 0 Å². The maximum absolute atomic E-state index is 12.0. The van der Waals surface area contributed by atoms with Crippen LogP contribution in [0.15, 0.2) is 0 Å². The van der Waals surface area contributed by atoms with Gasteiger partial charge in [-0.2, -0.15) is 0 Å². The highest BCUT2D eigenvalue weighted by atomic mass is 16.2. The number of hydrogen-bond donors (Lipinski definition) is 2. The SMILES string of the molecule is CCCNC(=O)N(CC1CCCCN1)C(C)C. The van der Waals surface area contributed by atoms with Crippen molar-refractivity contribution >= 4 is 6.03 Å². The fourth-order valence-electron chi connectivity index (χ4n) is 2.18. The zero-order valence-electron chi connectivity index (χ0n) is 11.5. The van der Waals surface area contributed by atoms with Crippen molar-refractivity contribution in [3.8, 4) is 0 Å². The molecule has 2 amide bonds. The van der Waals surface area contributed by atoms with Crippen LogP contribution in [0.2, 0.25) is 0 Å². The Morgan fingerprint density at radius 3 is 2.76 bits per heavy atom. The Labute approximate surface area is 105 Å². The summed E-state index contributed by atoms with van der Waals surface area (Å²) in [5, 5.41) is 6.46. The van der Waals surface area contributed by atoms with Gasteiger partial charge in [-0.1, -0.05) is 13.3 Å². The van der Waals surface area contributed by atoms with Gasteiger partial charge >= 0.3 is 6.03 Å². The summed E-state index contributed by atoms with van der Waals surface area (Å²) >= 11 is 0. The number of piperidine rings is 1. The Morgan fingerprint density at radius 1 is 1.47 bits per heavy atom. The molecule has 4 nitrogen and oxygen atoms in total. The van der Waals surface area contributed by atoms with Gasteiger partial charge in [0.1, 0.15) is 0 Å². The maximum Gasteiger partial charge on any atom is 0.317 e. The van der Waals surface area contributed by atoms with E-state index in [4.69, 9.17) is 0 Å². The number of carbonyl (C=O) groups excluding carboxylic acids is 1. The molecule has 4 heteroatoms. The van der Waals surface area contributed by atoms with E-state index in [9.17, 15) is 4.79 Å². The smallest absolute Gasteiger partial charge is 0.317 e. The number of rotatable bonds is 5. The molecule has 1 atom stereocenters. The lowest BCUT2D eigenvalue weighted by Crippen LogP contribution is -2.51. The third-order valence-electron chi connectivity index (χ3n) is 3.24. The predicted octanol–water partition coefficient (Wildman–Crippen LogP) is 1.96. The minimum absolute atomic E-state index is 0.0780. The van der Waals surface area contributed by atoms with Crippen molar-refractivity contribution < 1.29 is 4.79 Å². The molecule has 0 radical (unpaired) electrons. The average Bonchev–Trinajstić information content (AvgIpc) is 2.34. The van der Waals surface area contributed by atoms with Gasteiger partial charge in [0.25, 0.3) is 0 Å². The largest absolute Gasteiger partial charge is 0.338 e. The first kappa shape index (κ1) is 14.3. The first-order chi connectivity index (χ1) is 8.15. The summed E-state index contributed by atoms with van der Waals surface area (Å²) in [5.74, 6) is 0. The van der Waals surface area contributed by atoms with Gasteiger partial charge in [0.15, 0.2) is 0 Å². The molecule has 2 N–H and O–H groups in total. The molecule has 0 bridgehead atoms. The Kier molecular flexibility index (Phi) is 6.34. The van der Waals surface area contributed by atoms with Crippen LogP contribution < -0.4 is 10.6 Å². The van der Waals surface area contributed by atoms with Crippen molar-refractivity contribution in [2.24, 2.45) is 0 Å². The van der Waals surface area contributed by atoms with E-state index in [0.29, 0.717) is 6.04 Å². The molecule has 17 heavy (non-hydrogen) atoms. The van der Waals surface area contributed by atoms with Gasteiger partial charge in [0.2, 0.25) is 0 Å². The van der Waals surface area contributed by atoms with Crippen LogP contribution in [-0.2, 0) is 0 Å². The molecule has 0 aliphatic carbocycles. The lowest BCUT2D eigenvalue weighted by atomic mass is 10.0. The lowest BCUT2D eigenvalue weighted by molar-refractivity contribution is 0.170. The molecule has 1 rings (SSSR count). The van der Waals surface area contributed by atoms with E-state index >= 15 is 0 Å². The fraction of sp³-hybridized carbons (Fsp3) is 0.923. The Balaban J connectivity index is 2.43. The maximum atomic E-state index is 12.0. The molecule has 1 aliphatic heterocycles. The van der Waals surface area contributed by atoms with Crippen LogP contribution in [0.25, 0.3) is 0 Å². The molecule has 1 heterocycles. The lowest BCUT2D eigenvalue weighted by Gasteiger charge is -2.33.